The van der Waals surface area contributed by atoms with Crippen LogP contribution in [0.3, 0.4) is 0 Å². The van der Waals surface area contributed by atoms with Crippen molar-refractivity contribution < 1.29 is 4.74 Å². The predicted molar refractivity (Wildman–Crippen MR) is 53.6 cm³/mol. The Morgan fingerprint density at radius 1 is 1.57 bits per heavy atom. The van der Waals surface area contributed by atoms with Gasteiger partial charge in [0, 0.05) is 18.3 Å². The lowest BCUT2D eigenvalue weighted by Gasteiger charge is -2.23. The molecular formula is C9H11ClN2O2. The van der Waals surface area contributed by atoms with Gasteiger partial charge in [0.25, 0.3) is 5.56 Å². The molecule has 1 saturated heterocycles. The van der Waals surface area contributed by atoms with Crippen LogP contribution in [-0.2, 0) is 4.74 Å². The summed E-state index contributed by atoms with van der Waals surface area (Å²) in [4.78, 5) is 14.0. The van der Waals surface area contributed by atoms with Gasteiger partial charge in [0.1, 0.15) is 0 Å². The Morgan fingerprint density at radius 2 is 2.43 bits per heavy atom. The van der Waals surface area contributed by atoms with Crippen molar-refractivity contribution in [2.45, 2.75) is 6.04 Å². The highest BCUT2D eigenvalue weighted by molar-refractivity contribution is 6.30. The van der Waals surface area contributed by atoms with Crippen molar-refractivity contribution in [2.24, 2.45) is 0 Å². The van der Waals surface area contributed by atoms with E-state index in [9.17, 15) is 4.79 Å². The van der Waals surface area contributed by atoms with Crippen LogP contribution in [0.2, 0.25) is 5.02 Å². The number of halogens is 1. The molecule has 76 valence electrons. The molecule has 1 aromatic rings. The van der Waals surface area contributed by atoms with Crippen molar-refractivity contribution in [3.8, 4) is 0 Å². The Morgan fingerprint density at radius 3 is 3.14 bits per heavy atom. The van der Waals surface area contributed by atoms with Crippen molar-refractivity contribution in [1.82, 2.24) is 10.3 Å². The number of aromatic nitrogens is 1. The highest BCUT2D eigenvalue weighted by atomic mass is 35.5. The maximum Gasteiger partial charge on any atom is 0.252 e. The Kier molecular flexibility index (Phi) is 2.86. The van der Waals surface area contributed by atoms with Crippen LogP contribution in [-0.4, -0.2) is 24.7 Å². The molecule has 0 aromatic carbocycles. The van der Waals surface area contributed by atoms with Gasteiger partial charge in [0.15, 0.2) is 0 Å². The summed E-state index contributed by atoms with van der Waals surface area (Å²) in [5.41, 5.74) is 0.523. The van der Waals surface area contributed by atoms with Crippen LogP contribution in [0.1, 0.15) is 11.6 Å². The first kappa shape index (κ1) is 9.71. The van der Waals surface area contributed by atoms with E-state index in [-0.39, 0.29) is 11.6 Å². The van der Waals surface area contributed by atoms with E-state index >= 15 is 0 Å². The zero-order chi connectivity index (χ0) is 9.97. The maximum absolute atomic E-state index is 11.5. The predicted octanol–water partition coefficient (Wildman–Crippen LogP) is 0.689. The van der Waals surface area contributed by atoms with Crippen molar-refractivity contribution in [3.63, 3.8) is 0 Å². The monoisotopic (exact) mass is 214 g/mol. The summed E-state index contributed by atoms with van der Waals surface area (Å²) in [7, 11) is 0. The van der Waals surface area contributed by atoms with Gasteiger partial charge in [-0.05, 0) is 6.07 Å². The molecule has 0 aliphatic carbocycles. The third-order valence-corrected chi connectivity index (χ3v) is 2.41. The van der Waals surface area contributed by atoms with Gasteiger partial charge in [-0.3, -0.25) is 4.79 Å². The Balaban J connectivity index is 2.29. The molecular weight excluding hydrogens is 204 g/mol. The number of rotatable bonds is 1. The second kappa shape index (κ2) is 4.13. The normalized spacial score (nSPS) is 22.2. The smallest absolute Gasteiger partial charge is 0.252 e. The highest BCUT2D eigenvalue weighted by Crippen LogP contribution is 2.14. The number of hydrogen-bond acceptors (Lipinski definition) is 3. The molecule has 2 N–H and O–H groups in total. The third-order valence-electron chi connectivity index (χ3n) is 2.19. The highest BCUT2D eigenvalue weighted by Gasteiger charge is 2.18. The molecule has 1 aliphatic rings. The molecule has 1 aromatic heterocycles. The zero-order valence-corrected chi connectivity index (χ0v) is 8.30. The molecule has 1 atom stereocenters. The SMILES string of the molecule is O=c1[nH]cc(Cl)cc1C1COCCN1. The van der Waals surface area contributed by atoms with Gasteiger partial charge >= 0.3 is 0 Å². The molecule has 0 radical (unpaired) electrons. The van der Waals surface area contributed by atoms with Gasteiger partial charge in [-0.2, -0.15) is 0 Å². The fraction of sp³-hybridized carbons (Fsp3) is 0.444. The molecule has 1 fully saturated rings. The average molecular weight is 215 g/mol. The van der Waals surface area contributed by atoms with E-state index in [1.165, 1.54) is 6.20 Å². The van der Waals surface area contributed by atoms with Crippen LogP contribution in [0, 0.1) is 0 Å². The second-order valence-electron chi connectivity index (χ2n) is 3.18. The molecule has 0 spiro atoms. The summed E-state index contributed by atoms with van der Waals surface area (Å²) < 4.78 is 5.27. The lowest BCUT2D eigenvalue weighted by Crippen LogP contribution is -2.37. The van der Waals surface area contributed by atoms with Crippen molar-refractivity contribution >= 4 is 11.6 Å². The molecule has 2 heterocycles. The van der Waals surface area contributed by atoms with E-state index in [1.54, 1.807) is 6.07 Å². The first-order valence-electron chi connectivity index (χ1n) is 4.46. The van der Waals surface area contributed by atoms with E-state index in [4.69, 9.17) is 16.3 Å². The van der Waals surface area contributed by atoms with Gasteiger partial charge < -0.3 is 15.0 Å². The van der Waals surface area contributed by atoms with Crippen LogP contribution in [0.25, 0.3) is 0 Å². The zero-order valence-electron chi connectivity index (χ0n) is 7.55. The molecule has 4 nitrogen and oxygen atoms in total. The van der Waals surface area contributed by atoms with E-state index in [2.05, 4.69) is 10.3 Å². The van der Waals surface area contributed by atoms with Gasteiger partial charge in [0.05, 0.1) is 24.3 Å². The van der Waals surface area contributed by atoms with E-state index < -0.39 is 0 Å². The average Bonchev–Trinajstić information content (AvgIpc) is 2.23. The summed E-state index contributed by atoms with van der Waals surface area (Å²) in [6, 6.07) is 1.62. The lowest BCUT2D eigenvalue weighted by molar-refractivity contribution is 0.0764. The van der Waals surface area contributed by atoms with Crippen molar-refractivity contribution in [3.05, 3.63) is 33.2 Å². The lowest BCUT2D eigenvalue weighted by atomic mass is 10.1. The molecule has 14 heavy (non-hydrogen) atoms. The third kappa shape index (κ3) is 1.97. The number of ether oxygens (including phenoxy) is 1. The first-order valence-corrected chi connectivity index (χ1v) is 4.84. The summed E-state index contributed by atoms with van der Waals surface area (Å²) in [5.74, 6) is 0. The number of H-pyrrole nitrogens is 1. The minimum Gasteiger partial charge on any atom is -0.378 e. The summed E-state index contributed by atoms with van der Waals surface area (Å²) in [5, 5.41) is 3.73. The van der Waals surface area contributed by atoms with E-state index in [0.717, 1.165) is 6.54 Å². The molecule has 2 rings (SSSR count). The minimum atomic E-state index is -0.114. The summed E-state index contributed by atoms with van der Waals surface area (Å²) in [6.07, 6.45) is 1.48. The maximum atomic E-state index is 11.5. The molecule has 1 unspecified atom stereocenters. The Bertz CT molecular complexity index is 371. The molecule has 5 heteroatoms. The van der Waals surface area contributed by atoms with Gasteiger partial charge in [-0.25, -0.2) is 0 Å². The van der Waals surface area contributed by atoms with Crippen LogP contribution in [0.15, 0.2) is 17.1 Å². The molecule has 0 amide bonds. The van der Waals surface area contributed by atoms with Crippen LogP contribution < -0.4 is 10.9 Å². The minimum absolute atomic E-state index is 0.0498. The van der Waals surface area contributed by atoms with Crippen LogP contribution in [0.4, 0.5) is 0 Å². The molecule has 1 aliphatic heterocycles. The summed E-state index contributed by atoms with van der Waals surface area (Å²) >= 11 is 5.80. The Hall–Kier alpha value is -0.840. The fourth-order valence-corrected chi connectivity index (χ4v) is 1.67. The molecule has 0 saturated carbocycles. The Labute approximate surface area is 86.2 Å². The fourth-order valence-electron chi connectivity index (χ4n) is 1.50. The topological polar surface area (TPSA) is 54.1 Å². The van der Waals surface area contributed by atoms with Crippen LogP contribution >= 0.6 is 11.6 Å². The van der Waals surface area contributed by atoms with Crippen molar-refractivity contribution in [1.29, 1.82) is 0 Å². The largest absolute Gasteiger partial charge is 0.378 e. The quantitative estimate of drug-likeness (QED) is 0.723. The first-order chi connectivity index (χ1) is 6.77. The standard InChI is InChI=1S/C9H11ClN2O2/c10-6-3-7(9(13)12-4-6)8-5-14-2-1-11-8/h3-4,8,11H,1-2,5H2,(H,12,13). The number of hydrogen-bond donors (Lipinski definition) is 2. The van der Waals surface area contributed by atoms with Gasteiger partial charge in [0.2, 0.25) is 0 Å². The second-order valence-corrected chi connectivity index (χ2v) is 3.62. The number of aromatic amines is 1. The molecule has 0 bridgehead atoms. The van der Waals surface area contributed by atoms with Gasteiger partial charge in [-0.15, -0.1) is 0 Å². The van der Waals surface area contributed by atoms with Gasteiger partial charge in [-0.1, -0.05) is 11.6 Å². The van der Waals surface area contributed by atoms with Crippen molar-refractivity contribution in [2.75, 3.05) is 19.8 Å². The number of nitrogens with one attached hydrogen (secondary N) is 2. The number of pyridine rings is 1. The van der Waals surface area contributed by atoms with Crippen LogP contribution in [0.5, 0.6) is 0 Å². The van der Waals surface area contributed by atoms with E-state index in [1.807, 2.05) is 0 Å². The summed E-state index contributed by atoms with van der Waals surface area (Å²) in [6.45, 7) is 1.97. The number of morpholine rings is 1. The van der Waals surface area contributed by atoms with E-state index in [0.29, 0.717) is 23.8 Å².